The zero-order valence-corrected chi connectivity index (χ0v) is 15.0. The quantitative estimate of drug-likeness (QED) is 0.403. The molecule has 1 saturated heterocycles. The van der Waals surface area contributed by atoms with E-state index >= 15 is 0 Å². The molecule has 4 N–H and O–H groups in total. The Balaban J connectivity index is 1.77. The topological polar surface area (TPSA) is 130 Å². The van der Waals surface area contributed by atoms with Gasteiger partial charge in [-0.25, -0.2) is 4.98 Å². The molecule has 0 bridgehead atoms. The molecule has 1 amide bonds. The molecular formula is C16H19N7O2S. The Morgan fingerprint density at radius 1 is 1.27 bits per heavy atom. The predicted octanol–water partition coefficient (Wildman–Crippen LogP) is 1.09. The van der Waals surface area contributed by atoms with E-state index in [1.807, 2.05) is 6.26 Å². The van der Waals surface area contributed by atoms with Gasteiger partial charge in [-0.2, -0.15) is 0 Å². The summed E-state index contributed by atoms with van der Waals surface area (Å²) in [6.07, 6.45) is 1.83. The minimum Gasteiger partial charge on any atom is -0.382 e. The molecule has 0 saturated carbocycles. The average molecular weight is 373 g/mol. The van der Waals surface area contributed by atoms with Gasteiger partial charge in [-0.05, 0) is 30.5 Å². The van der Waals surface area contributed by atoms with Crippen LogP contribution in [0.5, 0.6) is 0 Å². The van der Waals surface area contributed by atoms with Crippen LogP contribution >= 0.6 is 11.8 Å². The Kier molecular flexibility index (Phi) is 5.64. The van der Waals surface area contributed by atoms with E-state index in [2.05, 4.69) is 20.5 Å². The predicted molar refractivity (Wildman–Crippen MR) is 99.1 cm³/mol. The number of nitrogens with zero attached hydrogens (tertiary/aromatic N) is 4. The number of hydrogen-bond donors (Lipinski definition) is 3. The maximum Gasteiger partial charge on any atom is 0.254 e. The second-order valence-corrected chi connectivity index (χ2v) is 6.29. The molecule has 136 valence electrons. The summed E-state index contributed by atoms with van der Waals surface area (Å²) in [4.78, 5) is 18.6. The summed E-state index contributed by atoms with van der Waals surface area (Å²) in [6, 6.07) is 7.05. The van der Waals surface area contributed by atoms with E-state index in [0.29, 0.717) is 48.5 Å². The van der Waals surface area contributed by atoms with E-state index in [0.717, 1.165) is 0 Å². The zero-order valence-electron chi connectivity index (χ0n) is 14.2. The lowest BCUT2D eigenvalue weighted by Crippen LogP contribution is -2.40. The number of aromatic nitrogens is 3. The number of ether oxygens (including phenoxy) is 1. The molecule has 0 radical (unpaired) electrons. The number of nitrogens with one attached hydrogen (secondary N) is 2. The molecule has 2 aromatic rings. The van der Waals surface area contributed by atoms with E-state index in [4.69, 9.17) is 15.9 Å². The van der Waals surface area contributed by atoms with Gasteiger partial charge in [-0.3, -0.25) is 10.2 Å². The van der Waals surface area contributed by atoms with Crippen LogP contribution in [0, 0.1) is 5.41 Å². The van der Waals surface area contributed by atoms with Crippen LogP contribution in [0.3, 0.4) is 0 Å². The molecule has 0 aliphatic carbocycles. The molecule has 9 nitrogen and oxygen atoms in total. The number of morpholine rings is 1. The van der Waals surface area contributed by atoms with Crippen LogP contribution in [-0.4, -0.2) is 64.4 Å². The lowest BCUT2D eigenvalue weighted by atomic mass is 10.1. The molecule has 1 aliphatic rings. The molecule has 1 aromatic heterocycles. The molecule has 1 aromatic carbocycles. The summed E-state index contributed by atoms with van der Waals surface area (Å²) in [6.45, 7) is 2.34. The Hall–Kier alpha value is -2.72. The van der Waals surface area contributed by atoms with Crippen molar-refractivity contribution in [2.24, 2.45) is 5.73 Å². The fraction of sp³-hybridized carbons (Fsp3) is 0.312. The van der Waals surface area contributed by atoms with E-state index in [1.165, 1.54) is 11.8 Å². The normalized spacial score (nSPS) is 14.1. The summed E-state index contributed by atoms with van der Waals surface area (Å²) >= 11 is 1.34. The van der Waals surface area contributed by atoms with Crippen LogP contribution in [0.4, 0.5) is 11.5 Å². The van der Waals surface area contributed by atoms with Gasteiger partial charge in [0, 0.05) is 24.3 Å². The second kappa shape index (κ2) is 8.11. The Morgan fingerprint density at radius 3 is 2.58 bits per heavy atom. The highest BCUT2D eigenvalue weighted by atomic mass is 32.2. The molecule has 1 fully saturated rings. The number of carbonyl (C=O) groups excluding carboxylic acids is 1. The molecule has 0 atom stereocenters. The maximum atomic E-state index is 12.5. The van der Waals surface area contributed by atoms with Crippen LogP contribution in [0.1, 0.15) is 16.1 Å². The first kappa shape index (κ1) is 18.1. The number of amides is 1. The molecule has 0 unspecified atom stereocenters. The lowest BCUT2D eigenvalue weighted by molar-refractivity contribution is 0.0303. The first-order chi connectivity index (χ1) is 12.6. The smallest absolute Gasteiger partial charge is 0.254 e. The third-order valence-corrected chi connectivity index (χ3v) is 4.34. The fourth-order valence-electron chi connectivity index (χ4n) is 2.45. The summed E-state index contributed by atoms with van der Waals surface area (Å²) < 4.78 is 5.27. The molecule has 3 rings (SSSR count). The number of nitrogens with two attached hydrogens (primary N) is 1. The average Bonchev–Trinajstić information content (AvgIpc) is 2.68. The van der Waals surface area contributed by atoms with Crippen molar-refractivity contribution < 1.29 is 9.53 Å². The SMILES string of the molecule is CSc1nnc(C(=N)N)c(Nc2ccc(C(=O)N3CCOCC3)cc2)n1. The van der Waals surface area contributed by atoms with E-state index in [1.54, 1.807) is 29.2 Å². The number of nitrogen functional groups attached to an aromatic ring is 1. The number of thioether (sulfide) groups is 1. The van der Waals surface area contributed by atoms with Crippen molar-refractivity contribution in [3.05, 3.63) is 35.5 Å². The van der Waals surface area contributed by atoms with Crippen molar-refractivity contribution in [2.45, 2.75) is 5.16 Å². The highest BCUT2D eigenvalue weighted by Crippen LogP contribution is 2.20. The number of hydrogen-bond acceptors (Lipinski definition) is 8. The van der Waals surface area contributed by atoms with Crippen LogP contribution in [-0.2, 0) is 4.74 Å². The standard InChI is InChI=1S/C16H19N7O2S/c1-26-16-20-14(12(13(17)18)21-22-16)19-11-4-2-10(3-5-11)15(24)23-6-8-25-9-7-23/h2-5H,6-9H2,1H3,(H3,17,18)(H,19,20,22). The van der Waals surface area contributed by atoms with Crippen molar-refractivity contribution in [1.29, 1.82) is 5.41 Å². The van der Waals surface area contributed by atoms with Crippen molar-refractivity contribution in [2.75, 3.05) is 37.9 Å². The minimum absolute atomic E-state index is 0.0161. The van der Waals surface area contributed by atoms with Crippen LogP contribution in [0.25, 0.3) is 0 Å². The monoisotopic (exact) mass is 373 g/mol. The van der Waals surface area contributed by atoms with E-state index < -0.39 is 0 Å². The molecule has 0 spiro atoms. The van der Waals surface area contributed by atoms with Crippen LogP contribution in [0.15, 0.2) is 29.4 Å². The van der Waals surface area contributed by atoms with Gasteiger partial charge in [0.2, 0.25) is 5.16 Å². The first-order valence-corrected chi connectivity index (χ1v) is 9.18. The maximum absolute atomic E-state index is 12.5. The van der Waals surface area contributed by atoms with Crippen LogP contribution < -0.4 is 11.1 Å². The molecule has 2 heterocycles. The number of benzene rings is 1. The largest absolute Gasteiger partial charge is 0.382 e. The number of rotatable bonds is 5. The van der Waals surface area contributed by atoms with Gasteiger partial charge in [-0.1, -0.05) is 11.8 Å². The summed E-state index contributed by atoms with van der Waals surface area (Å²) in [7, 11) is 0. The van der Waals surface area contributed by atoms with Gasteiger partial charge >= 0.3 is 0 Å². The Bertz CT molecular complexity index is 807. The lowest BCUT2D eigenvalue weighted by Gasteiger charge is -2.26. The van der Waals surface area contributed by atoms with Gasteiger partial charge < -0.3 is 20.7 Å². The highest BCUT2D eigenvalue weighted by Gasteiger charge is 2.18. The molecule has 26 heavy (non-hydrogen) atoms. The van der Waals surface area contributed by atoms with Gasteiger partial charge in [0.05, 0.1) is 13.2 Å². The Labute approximate surface area is 154 Å². The third-order valence-electron chi connectivity index (χ3n) is 3.80. The minimum atomic E-state index is -0.223. The fourth-order valence-corrected chi connectivity index (χ4v) is 2.75. The number of amidine groups is 1. The zero-order chi connectivity index (χ0) is 18.5. The van der Waals surface area contributed by atoms with Gasteiger partial charge in [0.15, 0.2) is 11.5 Å². The third kappa shape index (κ3) is 4.09. The van der Waals surface area contributed by atoms with Crippen molar-refractivity contribution in [1.82, 2.24) is 20.1 Å². The van der Waals surface area contributed by atoms with Gasteiger partial charge in [0.25, 0.3) is 5.91 Å². The van der Waals surface area contributed by atoms with Crippen molar-refractivity contribution >= 4 is 35.0 Å². The van der Waals surface area contributed by atoms with E-state index in [-0.39, 0.29) is 17.4 Å². The van der Waals surface area contributed by atoms with E-state index in [9.17, 15) is 4.79 Å². The van der Waals surface area contributed by atoms with Crippen molar-refractivity contribution in [3.63, 3.8) is 0 Å². The van der Waals surface area contributed by atoms with Gasteiger partial charge in [0.1, 0.15) is 5.84 Å². The molecular weight excluding hydrogens is 354 g/mol. The summed E-state index contributed by atoms with van der Waals surface area (Å²) in [5, 5.41) is 19.0. The second-order valence-electron chi connectivity index (χ2n) is 5.52. The summed E-state index contributed by atoms with van der Waals surface area (Å²) in [5.74, 6) is 0.112. The first-order valence-electron chi connectivity index (χ1n) is 7.95. The van der Waals surface area contributed by atoms with Crippen LogP contribution in [0.2, 0.25) is 0 Å². The van der Waals surface area contributed by atoms with Gasteiger partial charge in [-0.15, -0.1) is 10.2 Å². The molecule has 1 aliphatic heterocycles. The van der Waals surface area contributed by atoms with Crippen molar-refractivity contribution in [3.8, 4) is 0 Å². The number of anilines is 2. The Morgan fingerprint density at radius 2 is 1.96 bits per heavy atom. The highest BCUT2D eigenvalue weighted by molar-refractivity contribution is 7.98. The molecule has 10 heteroatoms. The number of carbonyl (C=O) groups is 1. The summed E-state index contributed by atoms with van der Waals surface area (Å²) in [5.41, 5.74) is 7.03.